The van der Waals surface area contributed by atoms with E-state index < -0.39 is 0 Å². The predicted octanol–water partition coefficient (Wildman–Crippen LogP) is 2.67. The van der Waals surface area contributed by atoms with Crippen LogP contribution in [0.4, 0.5) is 10.6 Å². The summed E-state index contributed by atoms with van der Waals surface area (Å²) >= 11 is 0. The van der Waals surface area contributed by atoms with E-state index in [1.54, 1.807) is 18.9 Å². The maximum atomic E-state index is 13.2. The van der Waals surface area contributed by atoms with Crippen LogP contribution in [0.15, 0.2) is 36.4 Å². The highest BCUT2D eigenvalue weighted by molar-refractivity contribution is 5.80. The summed E-state index contributed by atoms with van der Waals surface area (Å²) in [5.41, 5.74) is 1.65. The van der Waals surface area contributed by atoms with Crippen LogP contribution in [0, 0.1) is 5.92 Å². The number of amides is 2. The lowest BCUT2D eigenvalue weighted by Crippen LogP contribution is -2.53. The van der Waals surface area contributed by atoms with Gasteiger partial charge in [0.1, 0.15) is 5.75 Å². The highest BCUT2D eigenvalue weighted by Gasteiger charge is 2.32. The first-order chi connectivity index (χ1) is 16.1. The van der Waals surface area contributed by atoms with E-state index in [2.05, 4.69) is 15.1 Å². The van der Waals surface area contributed by atoms with Gasteiger partial charge < -0.3 is 24.2 Å². The molecule has 33 heavy (non-hydrogen) atoms. The van der Waals surface area contributed by atoms with Crippen LogP contribution in [0.3, 0.4) is 0 Å². The van der Waals surface area contributed by atoms with Crippen LogP contribution in [-0.2, 0) is 9.53 Å². The molecule has 1 aromatic heterocycles. The van der Waals surface area contributed by atoms with Crippen LogP contribution in [0.2, 0.25) is 0 Å². The molecule has 0 N–H and O–H groups in total. The molecule has 2 fully saturated rings. The van der Waals surface area contributed by atoms with Crippen LogP contribution in [0.1, 0.15) is 19.8 Å². The van der Waals surface area contributed by atoms with Gasteiger partial charge in [-0.05, 0) is 44.0 Å². The van der Waals surface area contributed by atoms with E-state index in [-0.39, 0.29) is 17.9 Å². The lowest BCUT2D eigenvalue weighted by molar-refractivity contribution is -0.137. The fourth-order valence-electron chi connectivity index (χ4n) is 4.46. The fraction of sp³-hybridized carbons (Fsp3) is 0.500. The second kappa shape index (κ2) is 10.5. The van der Waals surface area contributed by atoms with E-state index >= 15 is 0 Å². The molecule has 9 nitrogen and oxygen atoms in total. The Labute approximate surface area is 194 Å². The number of hydrogen-bond donors (Lipinski definition) is 0. The minimum Gasteiger partial charge on any atom is -0.496 e. The van der Waals surface area contributed by atoms with Gasteiger partial charge in [0, 0.05) is 44.8 Å². The number of carbonyl (C=O) groups excluding carboxylic acids is 2. The average Bonchev–Trinajstić information content (AvgIpc) is 2.88. The number of hydrogen-bond acceptors (Lipinski definition) is 7. The van der Waals surface area contributed by atoms with E-state index in [0.29, 0.717) is 39.3 Å². The molecule has 2 saturated heterocycles. The van der Waals surface area contributed by atoms with Gasteiger partial charge in [-0.25, -0.2) is 4.79 Å². The predicted molar refractivity (Wildman–Crippen MR) is 124 cm³/mol. The second-order valence-corrected chi connectivity index (χ2v) is 8.27. The van der Waals surface area contributed by atoms with Gasteiger partial charge in [-0.3, -0.25) is 4.79 Å². The molecule has 0 bridgehead atoms. The molecule has 2 aliphatic rings. The van der Waals surface area contributed by atoms with Crippen molar-refractivity contribution in [3.63, 3.8) is 0 Å². The lowest BCUT2D eigenvalue weighted by Gasteiger charge is -2.38. The minimum absolute atomic E-state index is 0.0800. The maximum Gasteiger partial charge on any atom is 0.409 e. The Hall–Kier alpha value is -3.36. The Kier molecular flexibility index (Phi) is 7.26. The fourth-order valence-corrected chi connectivity index (χ4v) is 4.46. The number of aromatic nitrogens is 2. The van der Waals surface area contributed by atoms with Crippen LogP contribution in [-0.4, -0.2) is 85.0 Å². The summed E-state index contributed by atoms with van der Waals surface area (Å²) in [6.07, 6.45) is 1.48. The topological polar surface area (TPSA) is 88.1 Å². The van der Waals surface area contributed by atoms with E-state index in [0.717, 1.165) is 42.2 Å². The molecule has 1 atom stereocenters. The third-order valence-electron chi connectivity index (χ3n) is 6.25. The first-order valence-corrected chi connectivity index (χ1v) is 11.5. The van der Waals surface area contributed by atoms with Gasteiger partial charge in [0.05, 0.1) is 25.3 Å². The number of piperidine rings is 1. The SMILES string of the molecule is CCOC(=O)N1CCN(C(=O)C2CCCN(c3ccc(-c4ccccc4OC)nn3)C2)CC1. The number of piperazine rings is 1. The molecule has 2 amide bonds. The zero-order valence-electron chi connectivity index (χ0n) is 19.3. The van der Waals surface area contributed by atoms with Crippen molar-refractivity contribution in [2.75, 3.05) is 57.9 Å². The van der Waals surface area contributed by atoms with E-state index in [1.165, 1.54) is 0 Å². The summed E-state index contributed by atoms with van der Waals surface area (Å²) in [5.74, 6) is 1.61. The average molecular weight is 454 g/mol. The monoisotopic (exact) mass is 453 g/mol. The molecular weight excluding hydrogens is 422 g/mol. The molecule has 9 heteroatoms. The summed E-state index contributed by atoms with van der Waals surface area (Å²) in [7, 11) is 1.64. The third kappa shape index (κ3) is 5.18. The Bertz CT molecular complexity index is 960. The summed E-state index contributed by atoms with van der Waals surface area (Å²) in [5, 5.41) is 8.86. The van der Waals surface area contributed by atoms with Crippen LogP contribution in [0.5, 0.6) is 5.75 Å². The first kappa shape index (κ1) is 22.8. The van der Waals surface area contributed by atoms with Crippen molar-refractivity contribution < 1.29 is 19.1 Å². The molecule has 2 aliphatic heterocycles. The van der Waals surface area contributed by atoms with E-state index in [1.807, 2.05) is 41.3 Å². The first-order valence-electron chi connectivity index (χ1n) is 11.5. The molecule has 0 radical (unpaired) electrons. The van der Waals surface area contributed by atoms with Crippen molar-refractivity contribution in [1.29, 1.82) is 0 Å². The molecule has 0 saturated carbocycles. The molecular formula is C24H31N5O4. The van der Waals surface area contributed by atoms with Gasteiger partial charge in [0.2, 0.25) is 5.91 Å². The zero-order valence-corrected chi connectivity index (χ0v) is 19.3. The third-order valence-corrected chi connectivity index (χ3v) is 6.25. The normalized spacial score (nSPS) is 18.7. The number of benzene rings is 1. The molecule has 2 aromatic rings. The number of para-hydroxylation sites is 1. The van der Waals surface area contributed by atoms with Gasteiger partial charge >= 0.3 is 6.09 Å². The van der Waals surface area contributed by atoms with Crippen molar-refractivity contribution in [2.24, 2.45) is 5.92 Å². The van der Waals surface area contributed by atoms with Crippen molar-refractivity contribution in [2.45, 2.75) is 19.8 Å². The molecule has 176 valence electrons. The van der Waals surface area contributed by atoms with Crippen LogP contribution < -0.4 is 9.64 Å². The van der Waals surface area contributed by atoms with Crippen molar-refractivity contribution in [3.8, 4) is 17.0 Å². The van der Waals surface area contributed by atoms with Crippen LogP contribution in [0.25, 0.3) is 11.3 Å². The van der Waals surface area contributed by atoms with E-state index in [9.17, 15) is 9.59 Å². The van der Waals surface area contributed by atoms with Crippen molar-refractivity contribution >= 4 is 17.8 Å². The smallest absolute Gasteiger partial charge is 0.409 e. The quantitative estimate of drug-likeness (QED) is 0.688. The molecule has 3 heterocycles. The molecule has 0 spiro atoms. The van der Waals surface area contributed by atoms with Crippen molar-refractivity contribution in [1.82, 2.24) is 20.0 Å². The lowest BCUT2D eigenvalue weighted by atomic mass is 9.96. The number of carbonyl (C=O) groups is 2. The molecule has 0 aliphatic carbocycles. The zero-order chi connectivity index (χ0) is 23.2. The Morgan fingerprint density at radius 2 is 1.76 bits per heavy atom. The Balaban J connectivity index is 1.37. The number of nitrogens with zero attached hydrogens (tertiary/aromatic N) is 5. The highest BCUT2D eigenvalue weighted by Crippen LogP contribution is 2.29. The summed E-state index contributed by atoms with van der Waals surface area (Å²) in [6.45, 7) is 5.74. The number of methoxy groups -OCH3 is 1. The van der Waals surface area contributed by atoms with Gasteiger partial charge in [0.25, 0.3) is 0 Å². The molecule has 1 aromatic carbocycles. The van der Waals surface area contributed by atoms with Gasteiger partial charge in [-0.15, -0.1) is 10.2 Å². The molecule has 1 unspecified atom stereocenters. The van der Waals surface area contributed by atoms with Gasteiger partial charge in [-0.1, -0.05) is 12.1 Å². The Morgan fingerprint density at radius 3 is 2.45 bits per heavy atom. The summed E-state index contributed by atoms with van der Waals surface area (Å²) in [6, 6.07) is 11.6. The molecule has 4 rings (SSSR count). The summed E-state index contributed by atoms with van der Waals surface area (Å²) in [4.78, 5) is 30.7. The Morgan fingerprint density at radius 1 is 1.00 bits per heavy atom. The number of rotatable bonds is 5. The van der Waals surface area contributed by atoms with Crippen molar-refractivity contribution in [3.05, 3.63) is 36.4 Å². The summed E-state index contributed by atoms with van der Waals surface area (Å²) < 4.78 is 10.5. The van der Waals surface area contributed by atoms with Crippen LogP contribution >= 0.6 is 0 Å². The number of ether oxygens (including phenoxy) is 2. The van der Waals surface area contributed by atoms with Gasteiger partial charge in [0.15, 0.2) is 5.82 Å². The number of anilines is 1. The maximum absolute atomic E-state index is 13.2. The minimum atomic E-state index is -0.302. The second-order valence-electron chi connectivity index (χ2n) is 8.27. The van der Waals surface area contributed by atoms with E-state index in [4.69, 9.17) is 9.47 Å². The standard InChI is InChI=1S/C24H31N5O4/c1-3-33-24(31)28-15-13-27(14-16-28)23(30)18-7-6-12-29(17-18)22-11-10-20(25-26-22)19-8-4-5-9-21(19)32-2/h4-5,8-11,18H,3,6-7,12-17H2,1-2H3. The highest BCUT2D eigenvalue weighted by atomic mass is 16.6. The largest absolute Gasteiger partial charge is 0.496 e. The van der Waals surface area contributed by atoms with Gasteiger partial charge in [-0.2, -0.15) is 0 Å².